The molecular formula is C29H34N2O5. The zero-order valence-corrected chi connectivity index (χ0v) is 21.2. The van der Waals surface area contributed by atoms with Crippen molar-refractivity contribution in [3.63, 3.8) is 0 Å². The van der Waals surface area contributed by atoms with E-state index in [-0.39, 0.29) is 30.9 Å². The first kappa shape index (κ1) is 25.6. The standard InChI is InChI=1S/C29H34N2O5/c1-5-36-29(35)23-17(2)14-15-21-24(23)28(34)31(22(16-32)20-12-7-6-8-13-20)26(21)27(33)30-25-18(3)10-9-11-19(25)4/h6-15,17,21-24,26,32H,5,16H2,1-4H3,(H,30,33)/t17-,21+,22-,23-,24-,26+/m1/s1. The Hall–Kier alpha value is -3.45. The quantitative estimate of drug-likeness (QED) is 0.455. The first-order valence-electron chi connectivity index (χ1n) is 12.5. The first-order chi connectivity index (χ1) is 17.3. The Labute approximate surface area is 212 Å². The van der Waals surface area contributed by atoms with Gasteiger partial charge in [0.1, 0.15) is 6.04 Å². The van der Waals surface area contributed by atoms with Crippen molar-refractivity contribution in [3.8, 4) is 0 Å². The molecule has 1 aliphatic heterocycles. The molecule has 2 N–H and O–H groups in total. The highest BCUT2D eigenvalue weighted by Gasteiger charge is 2.58. The molecule has 0 radical (unpaired) electrons. The number of anilines is 1. The number of likely N-dealkylation sites (tertiary alicyclic amines) is 1. The number of carbonyl (C=O) groups is 3. The number of esters is 1. The van der Waals surface area contributed by atoms with Crippen molar-refractivity contribution in [2.75, 3.05) is 18.5 Å². The third-order valence-electron chi connectivity index (χ3n) is 7.46. The fraction of sp³-hybridized carbons (Fsp3) is 0.414. The number of hydrogen-bond acceptors (Lipinski definition) is 5. The molecule has 1 heterocycles. The van der Waals surface area contributed by atoms with Gasteiger partial charge in [0.25, 0.3) is 0 Å². The number of ether oxygens (including phenoxy) is 1. The number of fused-ring (bicyclic) bond motifs is 1. The van der Waals surface area contributed by atoms with E-state index in [9.17, 15) is 19.5 Å². The van der Waals surface area contributed by atoms with Gasteiger partial charge < -0.3 is 20.1 Å². The third-order valence-corrected chi connectivity index (χ3v) is 7.46. The van der Waals surface area contributed by atoms with Gasteiger partial charge in [0.15, 0.2) is 0 Å². The lowest BCUT2D eigenvalue weighted by Crippen LogP contribution is -2.47. The maximum absolute atomic E-state index is 14.1. The van der Waals surface area contributed by atoms with Crippen molar-refractivity contribution in [3.05, 3.63) is 77.4 Å². The van der Waals surface area contributed by atoms with E-state index in [2.05, 4.69) is 5.32 Å². The molecule has 0 aromatic heterocycles. The van der Waals surface area contributed by atoms with Gasteiger partial charge in [-0.05, 0) is 43.4 Å². The Morgan fingerprint density at radius 3 is 2.33 bits per heavy atom. The summed E-state index contributed by atoms with van der Waals surface area (Å²) in [5.41, 5.74) is 3.25. The van der Waals surface area contributed by atoms with E-state index in [1.807, 2.05) is 81.5 Å². The maximum Gasteiger partial charge on any atom is 0.310 e. The van der Waals surface area contributed by atoms with Crippen LogP contribution in [0.3, 0.4) is 0 Å². The molecule has 36 heavy (non-hydrogen) atoms. The van der Waals surface area contributed by atoms with Gasteiger partial charge in [-0.1, -0.05) is 67.6 Å². The molecule has 0 bridgehead atoms. The van der Waals surface area contributed by atoms with Gasteiger partial charge in [0.2, 0.25) is 11.8 Å². The monoisotopic (exact) mass is 490 g/mol. The summed E-state index contributed by atoms with van der Waals surface area (Å²) in [5, 5.41) is 13.5. The molecule has 0 saturated carbocycles. The molecule has 2 aliphatic rings. The lowest BCUT2D eigenvalue weighted by molar-refractivity contribution is -0.155. The van der Waals surface area contributed by atoms with Gasteiger partial charge in [-0.3, -0.25) is 14.4 Å². The molecule has 190 valence electrons. The molecular weight excluding hydrogens is 456 g/mol. The van der Waals surface area contributed by atoms with Crippen molar-refractivity contribution in [2.24, 2.45) is 23.7 Å². The number of aliphatic hydroxyl groups is 1. The zero-order chi connectivity index (χ0) is 26.0. The van der Waals surface area contributed by atoms with Crippen LogP contribution in [0, 0.1) is 37.5 Å². The Bertz CT molecular complexity index is 1140. The SMILES string of the molecule is CCOC(=O)[C@H]1[C@@H]2C(=O)N([C@H](CO)c3ccccc3)[C@H](C(=O)Nc3c(C)cccc3C)[C@H]2C=C[C@H]1C. The number of allylic oxidation sites excluding steroid dienone is 1. The Balaban J connectivity index is 1.80. The number of aryl methyl sites for hydroxylation is 2. The van der Waals surface area contributed by atoms with Crippen LogP contribution in [0.1, 0.15) is 36.6 Å². The minimum Gasteiger partial charge on any atom is -0.466 e. The van der Waals surface area contributed by atoms with E-state index in [0.29, 0.717) is 5.69 Å². The van der Waals surface area contributed by atoms with Gasteiger partial charge in [-0.15, -0.1) is 0 Å². The van der Waals surface area contributed by atoms with Crippen LogP contribution < -0.4 is 5.32 Å². The number of benzene rings is 2. The topological polar surface area (TPSA) is 95.9 Å². The predicted octanol–water partition coefficient (Wildman–Crippen LogP) is 3.80. The van der Waals surface area contributed by atoms with Crippen LogP contribution in [0.25, 0.3) is 0 Å². The first-order valence-corrected chi connectivity index (χ1v) is 12.5. The predicted molar refractivity (Wildman–Crippen MR) is 137 cm³/mol. The molecule has 1 saturated heterocycles. The summed E-state index contributed by atoms with van der Waals surface area (Å²) in [4.78, 5) is 42.5. The lowest BCUT2D eigenvalue weighted by atomic mass is 9.70. The van der Waals surface area contributed by atoms with Gasteiger partial charge >= 0.3 is 5.97 Å². The van der Waals surface area contributed by atoms with Crippen LogP contribution in [-0.4, -0.2) is 47.0 Å². The van der Waals surface area contributed by atoms with Crippen LogP contribution in [0.2, 0.25) is 0 Å². The minimum absolute atomic E-state index is 0.209. The van der Waals surface area contributed by atoms with Gasteiger partial charge in [0.05, 0.1) is 31.1 Å². The number of nitrogens with zero attached hydrogens (tertiary/aromatic N) is 1. The molecule has 7 nitrogen and oxygen atoms in total. The average molecular weight is 491 g/mol. The second-order valence-corrected chi connectivity index (χ2v) is 9.68. The van der Waals surface area contributed by atoms with E-state index >= 15 is 0 Å². The van der Waals surface area contributed by atoms with Crippen molar-refractivity contribution >= 4 is 23.5 Å². The number of amides is 2. The zero-order valence-electron chi connectivity index (χ0n) is 21.2. The molecule has 2 amide bonds. The van der Waals surface area contributed by atoms with Crippen molar-refractivity contribution in [1.82, 2.24) is 4.90 Å². The highest BCUT2D eigenvalue weighted by molar-refractivity contribution is 6.02. The number of nitrogens with one attached hydrogen (secondary N) is 1. The van der Waals surface area contributed by atoms with Crippen molar-refractivity contribution in [1.29, 1.82) is 0 Å². The number of rotatable bonds is 7. The fourth-order valence-corrected chi connectivity index (χ4v) is 5.71. The van der Waals surface area contributed by atoms with Gasteiger partial charge in [-0.25, -0.2) is 0 Å². The summed E-state index contributed by atoms with van der Waals surface area (Å²) in [6.07, 6.45) is 3.78. The summed E-state index contributed by atoms with van der Waals surface area (Å²) in [6, 6.07) is 13.3. The van der Waals surface area contributed by atoms with E-state index in [1.54, 1.807) is 6.92 Å². The second-order valence-electron chi connectivity index (χ2n) is 9.68. The van der Waals surface area contributed by atoms with E-state index < -0.39 is 35.8 Å². The third kappa shape index (κ3) is 4.55. The van der Waals surface area contributed by atoms with Gasteiger partial charge in [0, 0.05) is 11.6 Å². The Kier molecular flexibility index (Phi) is 7.59. The van der Waals surface area contributed by atoms with Gasteiger partial charge in [-0.2, -0.15) is 0 Å². The molecule has 4 rings (SSSR count). The number of carbonyl (C=O) groups excluding carboxylic acids is 3. The molecule has 2 aromatic carbocycles. The molecule has 0 unspecified atom stereocenters. The number of aliphatic hydroxyl groups excluding tert-OH is 1. The second kappa shape index (κ2) is 10.7. The largest absolute Gasteiger partial charge is 0.466 e. The average Bonchev–Trinajstić information content (AvgIpc) is 3.15. The Morgan fingerprint density at radius 2 is 1.72 bits per heavy atom. The van der Waals surface area contributed by atoms with Crippen molar-refractivity contribution < 1.29 is 24.2 Å². The molecule has 7 heteroatoms. The van der Waals surface area contributed by atoms with Crippen LogP contribution in [-0.2, 0) is 19.1 Å². The summed E-state index contributed by atoms with van der Waals surface area (Å²) < 4.78 is 5.34. The summed E-state index contributed by atoms with van der Waals surface area (Å²) in [5.74, 6) is -3.32. The van der Waals surface area contributed by atoms with Crippen LogP contribution in [0.15, 0.2) is 60.7 Å². The molecule has 1 fully saturated rings. The van der Waals surface area contributed by atoms with Crippen LogP contribution >= 0.6 is 0 Å². The van der Waals surface area contributed by atoms with E-state index in [1.165, 1.54) is 4.90 Å². The summed E-state index contributed by atoms with van der Waals surface area (Å²) in [7, 11) is 0. The van der Waals surface area contributed by atoms with Crippen LogP contribution in [0.4, 0.5) is 5.69 Å². The smallest absolute Gasteiger partial charge is 0.310 e. The van der Waals surface area contributed by atoms with E-state index in [0.717, 1.165) is 16.7 Å². The molecule has 1 aliphatic carbocycles. The highest BCUT2D eigenvalue weighted by Crippen LogP contribution is 2.47. The maximum atomic E-state index is 14.1. The lowest BCUT2D eigenvalue weighted by Gasteiger charge is -2.33. The number of hydrogen-bond donors (Lipinski definition) is 2. The van der Waals surface area contributed by atoms with E-state index in [4.69, 9.17) is 4.74 Å². The number of para-hydroxylation sites is 1. The Morgan fingerprint density at radius 1 is 1.06 bits per heavy atom. The summed E-state index contributed by atoms with van der Waals surface area (Å²) in [6.45, 7) is 7.31. The molecule has 0 spiro atoms. The minimum atomic E-state index is -0.903. The highest BCUT2D eigenvalue weighted by atomic mass is 16.5. The fourth-order valence-electron chi connectivity index (χ4n) is 5.71. The molecule has 6 atom stereocenters. The normalized spacial score (nSPS) is 25.9. The van der Waals surface area contributed by atoms with Crippen LogP contribution in [0.5, 0.6) is 0 Å². The summed E-state index contributed by atoms with van der Waals surface area (Å²) >= 11 is 0. The van der Waals surface area contributed by atoms with Crippen molar-refractivity contribution in [2.45, 2.75) is 39.8 Å². The molecule has 2 aromatic rings.